The predicted octanol–water partition coefficient (Wildman–Crippen LogP) is 2.62. The fourth-order valence-electron chi connectivity index (χ4n) is 4.12. The molecule has 164 valence electrons. The summed E-state index contributed by atoms with van der Waals surface area (Å²) in [5, 5.41) is 12.1. The van der Waals surface area contributed by atoms with E-state index in [9.17, 15) is 4.79 Å². The van der Waals surface area contributed by atoms with Crippen LogP contribution < -0.4 is 14.8 Å². The zero-order chi connectivity index (χ0) is 20.2. The van der Waals surface area contributed by atoms with E-state index >= 15 is 0 Å². The molecule has 30 heavy (non-hydrogen) atoms. The monoisotopic (exact) mass is 435 g/mol. The molecule has 1 saturated heterocycles. The molecule has 2 aromatic rings. The summed E-state index contributed by atoms with van der Waals surface area (Å²) >= 11 is 0. The largest absolute Gasteiger partial charge is 0.490 e. The Bertz CT molecular complexity index is 864. The highest BCUT2D eigenvalue weighted by molar-refractivity contribution is 5.95. The number of rotatable bonds is 6. The highest BCUT2D eigenvalue weighted by atomic mass is 35.5. The van der Waals surface area contributed by atoms with E-state index in [1.54, 1.807) is 6.07 Å². The van der Waals surface area contributed by atoms with Gasteiger partial charge >= 0.3 is 0 Å². The third-order valence-corrected chi connectivity index (χ3v) is 5.59. The Labute approximate surface area is 183 Å². The molecule has 1 N–H and O–H groups in total. The van der Waals surface area contributed by atoms with Crippen LogP contribution >= 0.6 is 12.4 Å². The number of hydrogen-bond acceptors (Lipinski definition) is 6. The number of amides is 1. The summed E-state index contributed by atoms with van der Waals surface area (Å²) in [6.45, 7) is 9.05. The van der Waals surface area contributed by atoms with Crippen molar-refractivity contribution in [3.63, 3.8) is 0 Å². The molecule has 8 nitrogen and oxygen atoms in total. The lowest BCUT2D eigenvalue weighted by Gasteiger charge is -2.32. The van der Waals surface area contributed by atoms with Gasteiger partial charge < -0.3 is 24.3 Å². The van der Waals surface area contributed by atoms with Gasteiger partial charge in [-0.25, -0.2) is 0 Å². The maximum atomic E-state index is 13.0. The summed E-state index contributed by atoms with van der Waals surface area (Å²) in [7, 11) is 0. The second-order valence-corrected chi connectivity index (χ2v) is 7.40. The van der Waals surface area contributed by atoms with Gasteiger partial charge in [-0.05, 0) is 44.9 Å². The topological polar surface area (TPSA) is 81.5 Å². The van der Waals surface area contributed by atoms with Crippen molar-refractivity contribution in [3.05, 3.63) is 35.4 Å². The van der Waals surface area contributed by atoms with Crippen LogP contribution in [0, 0.1) is 0 Å². The smallest absolute Gasteiger partial charge is 0.253 e. The Morgan fingerprint density at radius 2 is 1.83 bits per heavy atom. The van der Waals surface area contributed by atoms with E-state index in [-0.39, 0.29) is 18.3 Å². The molecule has 3 heterocycles. The number of ether oxygens (including phenoxy) is 2. The van der Waals surface area contributed by atoms with Gasteiger partial charge in [-0.1, -0.05) is 0 Å². The van der Waals surface area contributed by atoms with Crippen LogP contribution in [0.15, 0.2) is 18.2 Å². The molecule has 1 aromatic heterocycles. The zero-order valence-corrected chi connectivity index (χ0v) is 18.4. The molecule has 4 rings (SSSR count). The molecule has 0 spiro atoms. The van der Waals surface area contributed by atoms with Crippen LogP contribution in [-0.4, -0.2) is 58.4 Å². The molecule has 0 aliphatic carbocycles. The van der Waals surface area contributed by atoms with Crippen molar-refractivity contribution < 1.29 is 14.3 Å². The average Bonchev–Trinajstić information content (AvgIpc) is 3.19. The van der Waals surface area contributed by atoms with Crippen molar-refractivity contribution in [1.82, 2.24) is 25.0 Å². The third kappa shape index (κ3) is 4.54. The number of aromatic nitrogens is 3. The molecule has 1 fully saturated rings. The number of likely N-dealkylation sites (tertiary alicyclic amines) is 1. The molecule has 0 bridgehead atoms. The predicted molar refractivity (Wildman–Crippen MR) is 116 cm³/mol. The minimum Gasteiger partial charge on any atom is -0.490 e. The fraction of sp³-hybridized carbons (Fsp3) is 0.571. The molecule has 0 unspecified atom stereocenters. The molecular formula is C21H30ClN5O3. The first-order valence-corrected chi connectivity index (χ1v) is 10.5. The first-order chi connectivity index (χ1) is 14.2. The van der Waals surface area contributed by atoms with Gasteiger partial charge in [0, 0.05) is 37.7 Å². The molecule has 1 amide bonds. The number of nitrogens with zero attached hydrogens (tertiary/aromatic N) is 4. The Balaban J connectivity index is 0.00000256. The van der Waals surface area contributed by atoms with E-state index in [4.69, 9.17) is 9.47 Å². The summed E-state index contributed by atoms with van der Waals surface area (Å²) in [6.07, 6.45) is 1.82. The summed E-state index contributed by atoms with van der Waals surface area (Å²) in [5.74, 6) is 3.79. The zero-order valence-electron chi connectivity index (χ0n) is 17.6. The van der Waals surface area contributed by atoms with Crippen molar-refractivity contribution in [3.8, 4) is 11.5 Å². The van der Waals surface area contributed by atoms with Crippen molar-refractivity contribution in [2.45, 2.75) is 45.7 Å². The Morgan fingerprint density at radius 1 is 1.10 bits per heavy atom. The number of nitrogens with one attached hydrogen (secondary N) is 1. The van der Waals surface area contributed by atoms with Crippen molar-refractivity contribution in [2.75, 3.05) is 32.8 Å². The second kappa shape index (κ2) is 10.1. The van der Waals surface area contributed by atoms with E-state index in [0.29, 0.717) is 36.2 Å². The molecule has 2 aliphatic rings. The Morgan fingerprint density at radius 3 is 2.57 bits per heavy atom. The minimum absolute atomic E-state index is 0. The van der Waals surface area contributed by atoms with Crippen LogP contribution in [0.3, 0.4) is 0 Å². The normalized spacial score (nSPS) is 16.5. The van der Waals surface area contributed by atoms with E-state index in [2.05, 4.69) is 20.1 Å². The molecule has 9 heteroatoms. The highest BCUT2D eigenvalue weighted by Gasteiger charge is 2.29. The van der Waals surface area contributed by atoms with Crippen molar-refractivity contribution in [1.29, 1.82) is 0 Å². The maximum absolute atomic E-state index is 13.0. The summed E-state index contributed by atoms with van der Waals surface area (Å²) in [6, 6.07) is 5.44. The number of benzene rings is 1. The lowest BCUT2D eigenvalue weighted by Crippen LogP contribution is -2.39. The Hall–Kier alpha value is -2.32. The number of piperidine rings is 1. The van der Waals surface area contributed by atoms with E-state index in [1.165, 1.54) is 0 Å². The van der Waals surface area contributed by atoms with Gasteiger partial charge in [0.05, 0.1) is 19.8 Å². The first kappa shape index (κ1) is 22.4. The van der Waals surface area contributed by atoms with Crippen LogP contribution in [0.2, 0.25) is 0 Å². The molecule has 2 aliphatic heterocycles. The lowest BCUT2D eigenvalue weighted by molar-refractivity contribution is 0.0709. The van der Waals surface area contributed by atoms with Gasteiger partial charge in [0.15, 0.2) is 11.5 Å². The SMILES string of the molecule is CCOc1ccc(C(=O)N2CCC(c3nnc4n3CCNC4)CC2)cc1OCC.Cl. The van der Waals surface area contributed by atoms with Crippen LogP contribution in [-0.2, 0) is 13.1 Å². The summed E-state index contributed by atoms with van der Waals surface area (Å²) in [4.78, 5) is 15.0. The molecular weight excluding hydrogens is 406 g/mol. The van der Waals surface area contributed by atoms with Gasteiger partial charge in [-0.15, -0.1) is 22.6 Å². The lowest BCUT2D eigenvalue weighted by atomic mass is 9.95. The number of fused-ring (bicyclic) bond motifs is 1. The third-order valence-electron chi connectivity index (χ3n) is 5.59. The van der Waals surface area contributed by atoms with Gasteiger partial charge in [0.2, 0.25) is 0 Å². The first-order valence-electron chi connectivity index (χ1n) is 10.5. The van der Waals surface area contributed by atoms with Gasteiger partial charge in [-0.3, -0.25) is 4.79 Å². The molecule has 0 radical (unpaired) electrons. The van der Waals surface area contributed by atoms with Gasteiger partial charge in [0.25, 0.3) is 5.91 Å². The number of halogens is 1. The average molecular weight is 436 g/mol. The quantitative estimate of drug-likeness (QED) is 0.751. The molecule has 0 atom stereocenters. The van der Waals surface area contributed by atoms with Gasteiger partial charge in [-0.2, -0.15) is 0 Å². The standard InChI is InChI=1S/C21H29N5O3.ClH/c1-3-28-17-6-5-16(13-18(17)29-4-2)21(27)25-10-7-15(8-11-25)20-24-23-19-14-22-9-12-26(19)20;/h5-6,13,15,22H,3-4,7-12,14H2,1-2H3;1H. The van der Waals surface area contributed by atoms with E-state index in [1.807, 2.05) is 30.9 Å². The summed E-state index contributed by atoms with van der Waals surface area (Å²) in [5.41, 5.74) is 0.640. The Kier molecular flexibility index (Phi) is 7.55. The number of carbonyl (C=O) groups excluding carboxylic acids is 1. The second-order valence-electron chi connectivity index (χ2n) is 7.40. The van der Waals surface area contributed by atoms with E-state index in [0.717, 1.165) is 57.2 Å². The van der Waals surface area contributed by atoms with Crippen molar-refractivity contribution >= 4 is 18.3 Å². The maximum Gasteiger partial charge on any atom is 0.253 e. The molecule has 0 saturated carbocycles. The van der Waals surface area contributed by atoms with Gasteiger partial charge in [0.1, 0.15) is 11.6 Å². The van der Waals surface area contributed by atoms with Crippen LogP contribution in [0.1, 0.15) is 54.6 Å². The van der Waals surface area contributed by atoms with Crippen LogP contribution in [0.25, 0.3) is 0 Å². The van der Waals surface area contributed by atoms with Crippen LogP contribution in [0.5, 0.6) is 11.5 Å². The van der Waals surface area contributed by atoms with Crippen LogP contribution in [0.4, 0.5) is 0 Å². The van der Waals surface area contributed by atoms with Crippen molar-refractivity contribution in [2.24, 2.45) is 0 Å². The van der Waals surface area contributed by atoms with E-state index < -0.39 is 0 Å². The number of carbonyl (C=O) groups is 1. The minimum atomic E-state index is 0. The molecule has 1 aromatic carbocycles. The summed E-state index contributed by atoms with van der Waals surface area (Å²) < 4.78 is 13.5. The highest BCUT2D eigenvalue weighted by Crippen LogP contribution is 2.31. The fourth-order valence-corrected chi connectivity index (χ4v) is 4.12. The number of hydrogen-bond donors (Lipinski definition) is 1.